The number of para-hydroxylation sites is 2. The third-order valence-electron chi connectivity index (χ3n) is 8.72. The molecule has 7 aromatic carbocycles. The zero-order valence-corrected chi connectivity index (χ0v) is 29.7. The van der Waals surface area contributed by atoms with Crippen LogP contribution < -0.4 is 18.9 Å². The van der Waals surface area contributed by atoms with Crippen LogP contribution in [0.1, 0.15) is 16.7 Å². The largest absolute Gasteiger partial charge is 0.489 e. The Labute approximate surface area is 315 Å². The molecule has 6 heteroatoms. The normalized spacial score (nSPS) is 10.6. The van der Waals surface area contributed by atoms with E-state index in [-0.39, 0.29) is 0 Å². The van der Waals surface area contributed by atoms with Gasteiger partial charge in [0.1, 0.15) is 41.1 Å². The predicted molar refractivity (Wildman–Crippen MR) is 214 cm³/mol. The Kier molecular flexibility index (Phi) is 11.1. The molecule has 266 valence electrons. The SMILES string of the molecule is Cc1cc(OCC=C(c2ccc(-c3cccc(Oc4ccccc4)c3)cc2)c2ccc(-c3cccc(Oc4ccccc4)c3)cc2)ccc1OCC(=O)O. The first kappa shape index (κ1) is 35.4. The molecule has 0 aliphatic carbocycles. The Morgan fingerprint density at radius 2 is 1.00 bits per heavy atom. The number of benzene rings is 7. The molecule has 0 aromatic heterocycles. The van der Waals surface area contributed by atoms with Crippen LogP contribution in [-0.4, -0.2) is 24.3 Å². The van der Waals surface area contributed by atoms with Crippen molar-refractivity contribution in [1.82, 2.24) is 0 Å². The van der Waals surface area contributed by atoms with Gasteiger partial charge in [0.25, 0.3) is 0 Å². The van der Waals surface area contributed by atoms with Gasteiger partial charge in [0.15, 0.2) is 6.61 Å². The minimum Gasteiger partial charge on any atom is -0.489 e. The molecular formula is C48H38O6. The molecular weight excluding hydrogens is 673 g/mol. The van der Waals surface area contributed by atoms with Gasteiger partial charge in [0.2, 0.25) is 0 Å². The number of hydrogen-bond donors (Lipinski definition) is 1. The maximum atomic E-state index is 11.0. The van der Waals surface area contributed by atoms with Crippen LogP contribution in [0.5, 0.6) is 34.5 Å². The summed E-state index contributed by atoms with van der Waals surface area (Å²) in [6, 6.07) is 58.1. The van der Waals surface area contributed by atoms with E-state index in [1.807, 2.05) is 110 Å². The van der Waals surface area contributed by atoms with E-state index in [0.717, 1.165) is 67.5 Å². The number of rotatable bonds is 14. The van der Waals surface area contributed by atoms with Crippen molar-refractivity contribution in [2.75, 3.05) is 13.2 Å². The first-order chi connectivity index (χ1) is 26.5. The molecule has 0 saturated carbocycles. The highest BCUT2D eigenvalue weighted by Gasteiger charge is 2.10. The fourth-order valence-corrected chi connectivity index (χ4v) is 6.05. The Bertz CT molecular complexity index is 2220. The van der Waals surface area contributed by atoms with Crippen molar-refractivity contribution >= 4 is 11.5 Å². The lowest BCUT2D eigenvalue weighted by Gasteiger charge is -2.13. The van der Waals surface area contributed by atoms with Gasteiger partial charge in [-0.2, -0.15) is 0 Å². The summed E-state index contributed by atoms with van der Waals surface area (Å²) in [7, 11) is 0. The Morgan fingerprint density at radius 3 is 1.48 bits per heavy atom. The first-order valence-corrected chi connectivity index (χ1v) is 17.6. The highest BCUT2D eigenvalue weighted by molar-refractivity contribution is 5.82. The summed E-state index contributed by atoms with van der Waals surface area (Å²) in [6.07, 6.45) is 2.08. The minimum atomic E-state index is -1.02. The van der Waals surface area contributed by atoms with Crippen molar-refractivity contribution in [3.05, 3.63) is 199 Å². The highest BCUT2D eigenvalue weighted by Crippen LogP contribution is 2.33. The van der Waals surface area contributed by atoms with Gasteiger partial charge in [-0.1, -0.05) is 109 Å². The molecule has 0 fully saturated rings. The Balaban J connectivity index is 1.14. The highest BCUT2D eigenvalue weighted by atomic mass is 16.5. The van der Waals surface area contributed by atoms with E-state index in [9.17, 15) is 4.79 Å². The Hall–Kier alpha value is -7.05. The molecule has 0 spiro atoms. The lowest BCUT2D eigenvalue weighted by atomic mass is 9.94. The molecule has 0 atom stereocenters. The second-order valence-corrected chi connectivity index (χ2v) is 12.6. The second-order valence-electron chi connectivity index (χ2n) is 12.6. The third-order valence-corrected chi connectivity index (χ3v) is 8.72. The summed E-state index contributed by atoms with van der Waals surface area (Å²) in [5.41, 5.74) is 8.14. The van der Waals surface area contributed by atoms with Crippen molar-refractivity contribution < 1.29 is 28.8 Å². The lowest BCUT2D eigenvalue weighted by Crippen LogP contribution is -2.10. The van der Waals surface area contributed by atoms with Gasteiger partial charge < -0.3 is 24.1 Å². The standard InChI is InChI=1S/C48H38O6/c1-34-30-43(26-27-47(34)52-33-48(49)50)51-29-28-46(37-22-18-35(19-23-37)39-10-8-16-44(31-39)53-41-12-4-2-5-13-41)38-24-20-36(21-25-38)40-11-9-17-45(32-40)54-42-14-6-3-7-15-42/h2-28,30-32H,29,33H2,1H3,(H,49,50). The number of aryl methyl sites for hydroxylation is 1. The monoisotopic (exact) mass is 710 g/mol. The minimum absolute atomic E-state index is 0.311. The summed E-state index contributed by atoms with van der Waals surface area (Å²) in [5.74, 6) is 3.27. The van der Waals surface area contributed by atoms with Gasteiger partial charge in [0.05, 0.1) is 0 Å². The van der Waals surface area contributed by atoms with Crippen LogP contribution in [0.15, 0.2) is 182 Å². The topological polar surface area (TPSA) is 74.2 Å². The van der Waals surface area contributed by atoms with E-state index >= 15 is 0 Å². The molecule has 0 aliphatic heterocycles. The van der Waals surface area contributed by atoms with E-state index < -0.39 is 12.6 Å². The molecule has 7 aromatic rings. The van der Waals surface area contributed by atoms with Crippen LogP contribution in [0, 0.1) is 6.92 Å². The molecule has 54 heavy (non-hydrogen) atoms. The van der Waals surface area contributed by atoms with Gasteiger partial charge in [-0.05, 0) is 124 Å². The fourth-order valence-electron chi connectivity index (χ4n) is 6.05. The zero-order valence-electron chi connectivity index (χ0n) is 29.7. The average Bonchev–Trinajstić information content (AvgIpc) is 3.20. The summed E-state index contributed by atoms with van der Waals surface area (Å²) in [4.78, 5) is 11.0. The van der Waals surface area contributed by atoms with Crippen molar-refractivity contribution in [3.8, 4) is 56.8 Å². The summed E-state index contributed by atoms with van der Waals surface area (Å²) in [5, 5.41) is 8.98. The smallest absolute Gasteiger partial charge is 0.341 e. The van der Waals surface area contributed by atoms with Gasteiger partial charge >= 0.3 is 5.97 Å². The maximum absolute atomic E-state index is 11.0. The van der Waals surface area contributed by atoms with Crippen LogP contribution in [0.2, 0.25) is 0 Å². The summed E-state index contributed by atoms with van der Waals surface area (Å²) < 4.78 is 23.7. The molecule has 6 nitrogen and oxygen atoms in total. The van der Waals surface area contributed by atoms with Crippen molar-refractivity contribution in [3.63, 3.8) is 0 Å². The lowest BCUT2D eigenvalue weighted by molar-refractivity contribution is -0.139. The van der Waals surface area contributed by atoms with Gasteiger partial charge in [-0.15, -0.1) is 0 Å². The molecule has 1 N–H and O–H groups in total. The average molecular weight is 711 g/mol. The number of hydrogen-bond acceptors (Lipinski definition) is 5. The van der Waals surface area contributed by atoms with Crippen LogP contribution in [0.25, 0.3) is 27.8 Å². The number of aliphatic carboxylic acids is 1. The molecule has 0 aliphatic rings. The van der Waals surface area contributed by atoms with Crippen LogP contribution >= 0.6 is 0 Å². The van der Waals surface area contributed by atoms with Crippen molar-refractivity contribution in [2.45, 2.75) is 6.92 Å². The zero-order chi connectivity index (χ0) is 37.1. The molecule has 7 rings (SSSR count). The predicted octanol–water partition coefficient (Wildman–Crippen LogP) is 11.9. The van der Waals surface area contributed by atoms with E-state index in [1.54, 1.807) is 12.1 Å². The van der Waals surface area contributed by atoms with Crippen LogP contribution in [0.4, 0.5) is 0 Å². The molecule has 0 unspecified atom stereocenters. The van der Waals surface area contributed by atoms with Gasteiger partial charge in [-0.25, -0.2) is 4.79 Å². The van der Waals surface area contributed by atoms with Gasteiger partial charge in [0, 0.05) is 0 Å². The third kappa shape index (κ3) is 9.24. The number of carboxylic acids is 1. The first-order valence-electron chi connectivity index (χ1n) is 17.6. The summed E-state index contributed by atoms with van der Waals surface area (Å²) in [6.45, 7) is 1.78. The van der Waals surface area contributed by atoms with E-state index in [4.69, 9.17) is 24.1 Å². The molecule has 0 amide bonds. The number of carboxylic acid groups (broad SMARTS) is 1. The number of ether oxygens (including phenoxy) is 4. The Morgan fingerprint density at radius 1 is 0.500 bits per heavy atom. The van der Waals surface area contributed by atoms with Gasteiger partial charge in [-0.3, -0.25) is 0 Å². The van der Waals surface area contributed by atoms with E-state index in [0.29, 0.717) is 18.1 Å². The molecule has 0 heterocycles. The van der Waals surface area contributed by atoms with E-state index in [2.05, 4.69) is 66.7 Å². The van der Waals surface area contributed by atoms with Crippen LogP contribution in [-0.2, 0) is 4.79 Å². The summed E-state index contributed by atoms with van der Waals surface area (Å²) >= 11 is 0. The van der Waals surface area contributed by atoms with Crippen molar-refractivity contribution in [2.24, 2.45) is 0 Å². The fraction of sp³-hybridized carbons (Fsp3) is 0.0625. The van der Waals surface area contributed by atoms with E-state index in [1.165, 1.54) is 0 Å². The molecule has 0 saturated heterocycles. The second kappa shape index (κ2) is 17.0. The van der Waals surface area contributed by atoms with Crippen molar-refractivity contribution in [1.29, 1.82) is 0 Å². The van der Waals surface area contributed by atoms with Crippen LogP contribution in [0.3, 0.4) is 0 Å². The maximum Gasteiger partial charge on any atom is 0.341 e. The quantitative estimate of drug-likeness (QED) is 0.121. The number of carbonyl (C=O) groups is 1. The molecule has 0 bridgehead atoms. The molecule has 0 radical (unpaired) electrons.